The van der Waals surface area contributed by atoms with Crippen LogP contribution in [0.25, 0.3) is 11.3 Å². The van der Waals surface area contributed by atoms with Gasteiger partial charge in [-0.3, -0.25) is 4.79 Å². The molecule has 1 aromatic carbocycles. The quantitative estimate of drug-likeness (QED) is 0.849. The Kier molecular flexibility index (Phi) is 4.64. The number of methoxy groups -OCH3 is 1. The third kappa shape index (κ3) is 3.08. The molecule has 0 aliphatic carbocycles. The first-order valence-corrected chi connectivity index (χ1v) is 6.67. The van der Waals surface area contributed by atoms with E-state index in [2.05, 4.69) is 15.4 Å². The number of carbonyl (C=O) groups excluding carboxylic acids is 1. The second-order valence-corrected chi connectivity index (χ2v) is 4.63. The smallest absolute Gasteiger partial charge is 0.271 e. The molecule has 21 heavy (non-hydrogen) atoms. The minimum absolute atomic E-state index is 0.0374. The fourth-order valence-electron chi connectivity index (χ4n) is 1.80. The number of nitrogens with two attached hydrogens (primary N) is 1. The first kappa shape index (κ1) is 15.1. The summed E-state index contributed by atoms with van der Waals surface area (Å²) in [6.45, 7) is 2.51. The third-order valence-electron chi connectivity index (χ3n) is 2.73. The van der Waals surface area contributed by atoms with E-state index < -0.39 is 5.91 Å². The number of hydrogen-bond donors (Lipinski definition) is 2. The van der Waals surface area contributed by atoms with Gasteiger partial charge in [0.25, 0.3) is 5.91 Å². The number of primary amides is 1. The highest BCUT2D eigenvalue weighted by molar-refractivity contribution is 6.32. The molecule has 3 N–H and O–H groups in total. The van der Waals surface area contributed by atoms with E-state index >= 15 is 0 Å². The first-order valence-electron chi connectivity index (χ1n) is 6.29. The topological polar surface area (TPSA) is 103 Å². The van der Waals surface area contributed by atoms with E-state index in [1.54, 1.807) is 12.1 Å². The zero-order valence-electron chi connectivity index (χ0n) is 11.6. The van der Waals surface area contributed by atoms with E-state index in [0.717, 1.165) is 6.42 Å². The van der Waals surface area contributed by atoms with Gasteiger partial charge in [0.05, 0.1) is 18.7 Å². The Hall–Kier alpha value is -2.28. The van der Waals surface area contributed by atoms with Crippen molar-refractivity contribution in [2.45, 2.75) is 13.3 Å². The maximum absolute atomic E-state index is 11.3. The Morgan fingerprint density at radius 3 is 2.81 bits per heavy atom. The van der Waals surface area contributed by atoms with Crippen LogP contribution in [0.2, 0.25) is 5.02 Å². The molecule has 2 aromatic rings. The van der Waals surface area contributed by atoms with Gasteiger partial charge >= 0.3 is 0 Å². The highest BCUT2D eigenvalue weighted by Gasteiger charge is 2.19. The van der Waals surface area contributed by atoms with Gasteiger partial charge < -0.3 is 15.2 Å². The van der Waals surface area contributed by atoms with Crippen LogP contribution in [-0.4, -0.2) is 35.0 Å². The average molecular weight is 311 g/mol. The average Bonchev–Trinajstić information content (AvgIpc) is 2.94. The fourth-order valence-corrected chi connectivity index (χ4v) is 2.07. The summed E-state index contributed by atoms with van der Waals surface area (Å²) in [5.74, 6) is 0.221. The van der Waals surface area contributed by atoms with Crippen molar-refractivity contribution in [3.63, 3.8) is 0 Å². The van der Waals surface area contributed by atoms with Crippen LogP contribution < -0.4 is 15.2 Å². The van der Waals surface area contributed by atoms with E-state index in [1.807, 2.05) is 6.92 Å². The third-order valence-corrected chi connectivity index (χ3v) is 3.02. The molecule has 2 rings (SSSR count). The van der Waals surface area contributed by atoms with Crippen LogP contribution in [0.3, 0.4) is 0 Å². The van der Waals surface area contributed by atoms with E-state index in [1.165, 1.54) is 7.11 Å². The summed E-state index contributed by atoms with van der Waals surface area (Å²) in [4.78, 5) is 11.3. The van der Waals surface area contributed by atoms with Gasteiger partial charge in [-0.15, -0.1) is 0 Å². The van der Waals surface area contributed by atoms with E-state index in [9.17, 15) is 4.79 Å². The minimum Gasteiger partial charge on any atom is -0.493 e. The summed E-state index contributed by atoms with van der Waals surface area (Å²) in [5, 5.41) is 10.4. The minimum atomic E-state index is -0.680. The van der Waals surface area contributed by atoms with Crippen molar-refractivity contribution in [1.29, 1.82) is 0 Å². The maximum Gasteiger partial charge on any atom is 0.271 e. The van der Waals surface area contributed by atoms with E-state index in [0.29, 0.717) is 34.4 Å². The lowest BCUT2D eigenvalue weighted by Gasteiger charge is -2.13. The van der Waals surface area contributed by atoms with Crippen molar-refractivity contribution in [3.05, 3.63) is 22.8 Å². The highest BCUT2D eigenvalue weighted by atomic mass is 35.5. The number of rotatable bonds is 6. The molecule has 0 aliphatic heterocycles. The zero-order chi connectivity index (χ0) is 15.4. The number of H-pyrrole nitrogens is 1. The summed E-state index contributed by atoms with van der Waals surface area (Å²) in [6, 6.07) is 3.29. The summed E-state index contributed by atoms with van der Waals surface area (Å²) in [7, 11) is 1.51. The van der Waals surface area contributed by atoms with Gasteiger partial charge in [0.15, 0.2) is 17.2 Å². The van der Waals surface area contributed by atoms with Crippen molar-refractivity contribution < 1.29 is 14.3 Å². The summed E-state index contributed by atoms with van der Waals surface area (Å²) in [6.07, 6.45) is 0.844. The van der Waals surface area contributed by atoms with Crippen LogP contribution in [0, 0.1) is 0 Å². The molecule has 8 heteroatoms. The Morgan fingerprint density at radius 2 is 2.19 bits per heavy atom. The van der Waals surface area contributed by atoms with Crippen molar-refractivity contribution >= 4 is 17.5 Å². The normalized spacial score (nSPS) is 10.4. The second kappa shape index (κ2) is 6.45. The fraction of sp³-hybridized carbons (Fsp3) is 0.308. The van der Waals surface area contributed by atoms with Crippen LogP contribution >= 0.6 is 11.6 Å². The molecule has 0 atom stereocenters. The number of amides is 1. The Labute approximate surface area is 126 Å². The lowest BCUT2D eigenvalue weighted by atomic mass is 10.1. The molecule has 0 saturated carbocycles. The van der Waals surface area contributed by atoms with Crippen LogP contribution in [0.15, 0.2) is 12.1 Å². The van der Waals surface area contributed by atoms with Crippen molar-refractivity contribution in [2.75, 3.05) is 13.7 Å². The molecule has 1 aromatic heterocycles. The molecule has 0 bridgehead atoms. The van der Waals surface area contributed by atoms with Crippen molar-refractivity contribution in [2.24, 2.45) is 5.73 Å². The maximum atomic E-state index is 11.3. The summed E-state index contributed by atoms with van der Waals surface area (Å²) in [5.41, 5.74) is 6.16. The van der Waals surface area contributed by atoms with Crippen LogP contribution in [-0.2, 0) is 0 Å². The van der Waals surface area contributed by atoms with Gasteiger partial charge in [0.1, 0.15) is 5.69 Å². The second-order valence-electron chi connectivity index (χ2n) is 4.22. The summed E-state index contributed by atoms with van der Waals surface area (Å²) >= 11 is 6.22. The lowest BCUT2D eigenvalue weighted by molar-refractivity contribution is 0.0996. The van der Waals surface area contributed by atoms with Gasteiger partial charge in [-0.05, 0) is 18.6 Å². The molecule has 1 heterocycles. The number of aromatic nitrogens is 3. The zero-order valence-corrected chi connectivity index (χ0v) is 12.4. The molecular weight excluding hydrogens is 296 g/mol. The Morgan fingerprint density at radius 1 is 1.43 bits per heavy atom. The van der Waals surface area contributed by atoms with Gasteiger partial charge in [0, 0.05) is 5.56 Å². The molecule has 0 fully saturated rings. The van der Waals surface area contributed by atoms with Crippen molar-refractivity contribution in [3.8, 4) is 22.8 Å². The number of benzene rings is 1. The van der Waals surface area contributed by atoms with Crippen LogP contribution in [0.5, 0.6) is 11.5 Å². The van der Waals surface area contributed by atoms with Crippen LogP contribution in [0.4, 0.5) is 0 Å². The lowest BCUT2D eigenvalue weighted by Crippen LogP contribution is -2.12. The Bertz CT molecular complexity index is 657. The van der Waals surface area contributed by atoms with Crippen LogP contribution in [0.1, 0.15) is 23.8 Å². The molecule has 0 radical (unpaired) electrons. The number of hydrogen-bond acceptors (Lipinski definition) is 5. The van der Waals surface area contributed by atoms with Gasteiger partial charge in [-0.25, -0.2) is 0 Å². The number of nitrogens with zero attached hydrogens (tertiary/aromatic N) is 2. The van der Waals surface area contributed by atoms with E-state index in [4.69, 9.17) is 26.8 Å². The number of ether oxygens (including phenoxy) is 2. The standard InChI is InChI=1S/C13H15ClN4O3/c1-3-4-21-12-8(14)5-7(6-9(12)20-2)10-11(13(15)19)17-18-16-10/h5-6H,3-4H2,1-2H3,(H2,15,19)(H,16,17,18). The largest absolute Gasteiger partial charge is 0.493 e. The molecule has 1 amide bonds. The number of halogens is 1. The predicted octanol–water partition coefficient (Wildman–Crippen LogP) is 2.02. The molecule has 0 unspecified atom stereocenters. The molecule has 7 nitrogen and oxygen atoms in total. The highest BCUT2D eigenvalue weighted by Crippen LogP contribution is 2.39. The molecule has 0 spiro atoms. The summed E-state index contributed by atoms with van der Waals surface area (Å²) < 4.78 is 10.8. The van der Waals surface area contributed by atoms with E-state index in [-0.39, 0.29) is 5.69 Å². The SMILES string of the molecule is CCCOc1c(Cl)cc(-c2n[nH]nc2C(N)=O)cc1OC. The molecular formula is C13H15ClN4O3. The monoisotopic (exact) mass is 310 g/mol. The van der Waals surface area contributed by atoms with Gasteiger partial charge in [-0.2, -0.15) is 15.4 Å². The van der Waals surface area contributed by atoms with Gasteiger partial charge in [-0.1, -0.05) is 18.5 Å². The number of aromatic amines is 1. The molecule has 112 valence electrons. The first-order chi connectivity index (χ1) is 10.1. The molecule has 0 saturated heterocycles. The van der Waals surface area contributed by atoms with Crippen molar-refractivity contribution in [1.82, 2.24) is 15.4 Å². The van der Waals surface area contributed by atoms with Gasteiger partial charge in [0.2, 0.25) is 0 Å². The predicted molar refractivity (Wildman–Crippen MR) is 77.7 cm³/mol. The molecule has 0 aliphatic rings. The number of carbonyl (C=O) groups is 1. The Balaban J connectivity index is 2.49. The number of nitrogens with one attached hydrogen (secondary N) is 1.